The maximum Gasteiger partial charge on any atom is 0.223 e. The number of nitrogens with zero attached hydrogens (tertiary/aromatic N) is 2. The van der Waals surface area contributed by atoms with E-state index in [1.165, 1.54) is 0 Å². The second-order valence-electron chi connectivity index (χ2n) is 7.70. The van der Waals surface area contributed by atoms with E-state index >= 15 is 0 Å². The standard InChI is InChI=1S/C22H33N3O3/c1-22(2,21(23)26)13-4-7-18-28-20-11-9-19(10-12-20)27-17-6-3-5-15-25-16-8-14-24-25/h8-12,14,16H,3-7,13,15,17-18H2,1-2H3,(H2,23,26). The van der Waals surface area contributed by atoms with Crippen LogP contribution in [0.15, 0.2) is 42.7 Å². The number of amides is 1. The minimum atomic E-state index is -0.446. The van der Waals surface area contributed by atoms with Gasteiger partial charge in [0.2, 0.25) is 5.91 Å². The van der Waals surface area contributed by atoms with E-state index in [2.05, 4.69) is 5.10 Å². The number of hydrogen-bond donors (Lipinski definition) is 1. The van der Waals surface area contributed by atoms with E-state index in [4.69, 9.17) is 15.2 Å². The Hall–Kier alpha value is -2.50. The van der Waals surface area contributed by atoms with E-state index < -0.39 is 5.41 Å². The molecule has 0 aliphatic carbocycles. The van der Waals surface area contributed by atoms with Crippen LogP contribution in [0.3, 0.4) is 0 Å². The van der Waals surface area contributed by atoms with Crippen molar-refractivity contribution in [2.75, 3.05) is 13.2 Å². The molecule has 154 valence electrons. The number of hydrogen-bond acceptors (Lipinski definition) is 4. The Kier molecular flexibility index (Phi) is 8.85. The summed E-state index contributed by atoms with van der Waals surface area (Å²) >= 11 is 0. The van der Waals surface area contributed by atoms with Gasteiger partial charge >= 0.3 is 0 Å². The number of benzene rings is 1. The maximum atomic E-state index is 11.3. The summed E-state index contributed by atoms with van der Waals surface area (Å²) in [6.07, 6.45) is 9.64. The molecular weight excluding hydrogens is 354 g/mol. The van der Waals surface area contributed by atoms with Crippen LogP contribution in [-0.2, 0) is 11.3 Å². The molecule has 0 radical (unpaired) electrons. The van der Waals surface area contributed by atoms with Crippen molar-refractivity contribution in [1.29, 1.82) is 0 Å². The summed E-state index contributed by atoms with van der Waals surface area (Å²) in [5, 5.41) is 4.19. The molecule has 2 N–H and O–H groups in total. The lowest BCUT2D eigenvalue weighted by Gasteiger charge is -2.19. The van der Waals surface area contributed by atoms with Crippen molar-refractivity contribution in [2.45, 2.75) is 58.9 Å². The fraction of sp³-hybridized carbons (Fsp3) is 0.545. The summed E-state index contributed by atoms with van der Waals surface area (Å²) in [5.41, 5.74) is 4.94. The molecule has 0 aliphatic heterocycles. The fourth-order valence-electron chi connectivity index (χ4n) is 2.79. The summed E-state index contributed by atoms with van der Waals surface area (Å²) in [6.45, 7) is 6.07. The van der Waals surface area contributed by atoms with E-state index in [1.807, 2.05) is 55.1 Å². The predicted molar refractivity (Wildman–Crippen MR) is 110 cm³/mol. The third-order valence-electron chi connectivity index (χ3n) is 4.82. The molecule has 0 unspecified atom stereocenters. The van der Waals surface area contributed by atoms with Crippen molar-refractivity contribution < 1.29 is 14.3 Å². The van der Waals surface area contributed by atoms with Gasteiger partial charge in [-0.15, -0.1) is 0 Å². The summed E-state index contributed by atoms with van der Waals surface area (Å²) in [6, 6.07) is 9.69. The number of rotatable bonds is 14. The topological polar surface area (TPSA) is 79.4 Å². The molecule has 0 saturated carbocycles. The van der Waals surface area contributed by atoms with Gasteiger partial charge in [-0.1, -0.05) is 13.8 Å². The summed E-state index contributed by atoms with van der Waals surface area (Å²) in [7, 11) is 0. The average molecular weight is 388 g/mol. The molecule has 6 nitrogen and oxygen atoms in total. The van der Waals surface area contributed by atoms with Gasteiger partial charge < -0.3 is 15.2 Å². The third-order valence-corrected chi connectivity index (χ3v) is 4.82. The molecule has 6 heteroatoms. The highest BCUT2D eigenvalue weighted by Crippen LogP contribution is 2.23. The first-order chi connectivity index (χ1) is 13.5. The zero-order valence-electron chi connectivity index (χ0n) is 17.1. The van der Waals surface area contributed by atoms with Crippen LogP contribution in [0.5, 0.6) is 11.5 Å². The maximum absolute atomic E-state index is 11.3. The number of aryl methyl sites for hydroxylation is 1. The van der Waals surface area contributed by atoms with Crippen molar-refractivity contribution in [3.8, 4) is 11.5 Å². The van der Waals surface area contributed by atoms with Crippen molar-refractivity contribution in [2.24, 2.45) is 11.1 Å². The van der Waals surface area contributed by atoms with Gasteiger partial charge in [0, 0.05) is 24.4 Å². The molecule has 1 aromatic carbocycles. The molecule has 1 amide bonds. The highest BCUT2D eigenvalue weighted by molar-refractivity contribution is 5.79. The number of aromatic nitrogens is 2. The molecule has 0 bridgehead atoms. The van der Waals surface area contributed by atoms with Gasteiger partial charge in [-0.25, -0.2) is 0 Å². The average Bonchev–Trinajstić information content (AvgIpc) is 3.18. The quantitative estimate of drug-likeness (QED) is 0.493. The molecule has 28 heavy (non-hydrogen) atoms. The number of carbonyl (C=O) groups is 1. The van der Waals surface area contributed by atoms with E-state index in [0.29, 0.717) is 6.61 Å². The monoisotopic (exact) mass is 387 g/mol. The van der Waals surface area contributed by atoms with Crippen LogP contribution in [0, 0.1) is 5.41 Å². The number of ether oxygens (including phenoxy) is 2. The van der Waals surface area contributed by atoms with E-state index in [1.54, 1.807) is 6.20 Å². The summed E-state index contributed by atoms with van der Waals surface area (Å²) in [5.74, 6) is 1.45. The number of carbonyl (C=O) groups excluding carboxylic acids is 1. The first kappa shape index (κ1) is 21.8. The predicted octanol–water partition coefficient (Wildman–Crippen LogP) is 4.19. The number of primary amides is 1. The zero-order chi connectivity index (χ0) is 20.2. The smallest absolute Gasteiger partial charge is 0.223 e. The Morgan fingerprint density at radius 2 is 1.61 bits per heavy atom. The van der Waals surface area contributed by atoms with Crippen LogP contribution in [0.1, 0.15) is 52.4 Å². The van der Waals surface area contributed by atoms with Crippen molar-refractivity contribution in [3.63, 3.8) is 0 Å². The van der Waals surface area contributed by atoms with Gasteiger partial charge in [0.05, 0.1) is 13.2 Å². The third kappa shape index (κ3) is 8.03. The second kappa shape index (κ2) is 11.4. The Morgan fingerprint density at radius 3 is 2.14 bits per heavy atom. The second-order valence-corrected chi connectivity index (χ2v) is 7.70. The van der Waals surface area contributed by atoms with Gasteiger partial charge in [0.25, 0.3) is 0 Å². The van der Waals surface area contributed by atoms with E-state index in [9.17, 15) is 4.79 Å². The lowest BCUT2D eigenvalue weighted by atomic mass is 9.86. The highest BCUT2D eigenvalue weighted by atomic mass is 16.5. The first-order valence-corrected chi connectivity index (χ1v) is 10.1. The zero-order valence-corrected chi connectivity index (χ0v) is 17.1. The lowest BCUT2D eigenvalue weighted by molar-refractivity contribution is -0.126. The molecule has 0 saturated heterocycles. The van der Waals surface area contributed by atoms with Gasteiger partial charge in [-0.3, -0.25) is 9.48 Å². The van der Waals surface area contributed by atoms with Crippen LogP contribution >= 0.6 is 0 Å². The summed E-state index contributed by atoms with van der Waals surface area (Å²) < 4.78 is 13.5. The largest absolute Gasteiger partial charge is 0.494 e. The first-order valence-electron chi connectivity index (χ1n) is 10.1. The van der Waals surface area contributed by atoms with Crippen LogP contribution < -0.4 is 15.2 Å². The van der Waals surface area contributed by atoms with Gasteiger partial charge in [0.15, 0.2) is 0 Å². The molecule has 2 aromatic rings. The molecule has 0 atom stereocenters. The Bertz CT molecular complexity index is 682. The van der Waals surface area contributed by atoms with Crippen molar-refractivity contribution in [1.82, 2.24) is 9.78 Å². The Labute approximate surface area is 168 Å². The Morgan fingerprint density at radius 1 is 1.00 bits per heavy atom. The van der Waals surface area contributed by atoms with Crippen molar-refractivity contribution in [3.05, 3.63) is 42.7 Å². The molecular formula is C22H33N3O3. The number of nitrogens with two attached hydrogens (primary N) is 1. The normalized spacial score (nSPS) is 11.4. The highest BCUT2D eigenvalue weighted by Gasteiger charge is 2.23. The lowest BCUT2D eigenvalue weighted by Crippen LogP contribution is -2.31. The van der Waals surface area contributed by atoms with Gasteiger partial charge in [-0.2, -0.15) is 5.10 Å². The van der Waals surface area contributed by atoms with Crippen LogP contribution in [-0.4, -0.2) is 28.9 Å². The summed E-state index contributed by atoms with van der Waals surface area (Å²) in [4.78, 5) is 11.3. The SMILES string of the molecule is CC(C)(CCCCOc1ccc(OCCCCCn2cccn2)cc1)C(N)=O. The molecule has 0 aliphatic rings. The molecule has 0 fully saturated rings. The molecule has 1 heterocycles. The minimum absolute atomic E-state index is 0.248. The molecule has 0 spiro atoms. The van der Waals surface area contributed by atoms with E-state index in [0.717, 1.165) is 63.2 Å². The van der Waals surface area contributed by atoms with Crippen LogP contribution in [0.2, 0.25) is 0 Å². The van der Waals surface area contributed by atoms with Gasteiger partial charge in [-0.05, 0) is 68.9 Å². The molecule has 1 aromatic heterocycles. The van der Waals surface area contributed by atoms with Crippen molar-refractivity contribution >= 4 is 5.91 Å². The van der Waals surface area contributed by atoms with E-state index in [-0.39, 0.29) is 5.91 Å². The van der Waals surface area contributed by atoms with Gasteiger partial charge in [0.1, 0.15) is 11.5 Å². The fourth-order valence-corrected chi connectivity index (χ4v) is 2.79. The molecule has 2 rings (SSSR count). The number of unbranched alkanes of at least 4 members (excludes halogenated alkanes) is 3. The minimum Gasteiger partial charge on any atom is -0.494 e. The Balaban J connectivity index is 1.53. The van der Waals surface area contributed by atoms with Crippen LogP contribution in [0.25, 0.3) is 0 Å². The van der Waals surface area contributed by atoms with Crippen LogP contribution in [0.4, 0.5) is 0 Å².